The number of halogens is 3. The van der Waals surface area contributed by atoms with E-state index in [0.717, 1.165) is 24.3 Å². The molecule has 6 nitrogen and oxygen atoms in total. The average Bonchev–Trinajstić information content (AvgIpc) is 2.99. The summed E-state index contributed by atoms with van der Waals surface area (Å²) in [6, 6.07) is 8.58. The zero-order chi connectivity index (χ0) is 19.8. The number of carbonyl (C=O) groups excluding carboxylic acids is 2. The Balaban J connectivity index is 2.19. The van der Waals surface area contributed by atoms with Crippen molar-refractivity contribution in [3.05, 3.63) is 53.6 Å². The minimum absolute atomic E-state index is 0.0572. The summed E-state index contributed by atoms with van der Waals surface area (Å²) in [6.45, 7) is 0. The van der Waals surface area contributed by atoms with Gasteiger partial charge in [-0.2, -0.15) is 13.2 Å². The molecule has 0 aliphatic rings. The molecular weight excluding hydrogens is 367 g/mol. The fourth-order valence-electron chi connectivity index (χ4n) is 2.56. The maximum absolute atomic E-state index is 12.8. The molecule has 0 aliphatic carbocycles. The SMILES string of the molecule is COc1ccc2oc(-c3ccc(C(F)(F)F)cc3)c(C(=O)OC(N)=O)c2c1. The van der Waals surface area contributed by atoms with E-state index in [0.29, 0.717) is 5.75 Å². The van der Waals surface area contributed by atoms with E-state index in [1.807, 2.05) is 0 Å². The Morgan fingerprint density at radius 2 is 1.74 bits per heavy atom. The number of alkyl halides is 3. The number of ether oxygens (including phenoxy) is 2. The monoisotopic (exact) mass is 379 g/mol. The zero-order valence-electron chi connectivity index (χ0n) is 13.8. The molecule has 9 heteroatoms. The van der Waals surface area contributed by atoms with Gasteiger partial charge in [-0.25, -0.2) is 9.59 Å². The summed E-state index contributed by atoms with van der Waals surface area (Å²) >= 11 is 0. The normalized spacial score (nSPS) is 11.4. The summed E-state index contributed by atoms with van der Waals surface area (Å²) in [5, 5.41) is 0.260. The van der Waals surface area contributed by atoms with E-state index in [9.17, 15) is 22.8 Å². The predicted molar refractivity (Wildman–Crippen MR) is 88.2 cm³/mol. The molecule has 0 unspecified atom stereocenters. The minimum atomic E-state index is -4.51. The molecule has 0 radical (unpaired) electrons. The molecule has 3 aromatic rings. The molecule has 1 heterocycles. The number of carbonyl (C=O) groups is 2. The lowest BCUT2D eigenvalue weighted by Crippen LogP contribution is -2.18. The van der Waals surface area contributed by atoms with Crippen LogP contribution in [0.1, 0.15) is 15.9 Å². The van der Waals surface area contributed by atoms with Crippen molar-refractivity contribution in [2.45, 2.75) is 6.18 Å². The van der Waals surface area contributed by atoms with Crippen LogP contribution >= 0.6 is 0 Å². The van der Waals surface area contributed by atoms with E-state index in [4.69, 9.17) is 14.9 Å². The van der Waals surface area contributed by atoms with Crippen molar-refractivity contribution in [1.29, 1.82) is 0 Å². The average molecular weight is 379 g/mol. The molecule has 3 rings (SSSR count). The molecule has 2 N–H and O–H groups in total. The van der Waals surface area contributed by atoms with Crippen LogP contribution in [0.5, 0.6) is 5.75 Å². The fourth-order valence-corrected chi connectivity index (χ4v) is 2.56. The number of fused-ring (bicyclic) bond motifs is 1. The molecule has 0 saturated carbocycles. The van der Waals surface area contributed by atoms with Gasteiger partial charge in [0.15, 0.2) is 0 Å². The van der Waals surface area contributed by atoms with Gasteiger partial charge >= 0.3 is 18.2 Å². The van der Waals surface area contributed by atoms with Gasteiger partial charge in [0, 0.05) is 10.9 Å². The molecular formula is C18H12F3NO5. The van der Waals surface area contributed by atoms with Crippen LogP contribution in [-0.4, -0.2) is 19.2 Å². The molecule has 1 amide bonds. The first kappa shape index (κ1) is 18.3. The second-order valence-corrected chi connectivity index (χ2v) is 5.45. The number of rotatable bonds is 3. The number of methoxy groups -OCH3 is 1. The first-order valence-corrected chi connectivity index (χ1v) is 7.50. The maximum atomic E-state index is 12.8. The third-order valence-electron chi connectivity index (χ3n) is 3.77. The molecule has 27 heavy (non-hydrogen) atoms. The van der Waals surface area contributed by atoms with Crippen LogP contribution in [0.2, 0.25) is 0 Å². The highest BCUT2D eigenvalue weighted by Gasteiger charge is 2.31. The molecule has 0 fully saturated rings. The van der Waals surface area contributed by atoms with Crippen molar-refractivity contribution in [3.8, 4) is 17.1 Å². The van der Waals surface area contributed by atoms with Crippen LogP contribution in [-0.2, 0) is 10.9 Å². The maximum Gasteiger partial charge on any atom is 0.416 e. The summed E-state index contributed by atoms with van der Waals surface area (Å²) in [5.41, 5.74) is 4.33. The lowest BCUT2D eigenvalue weighted by molar-refractivity contribution is -0.137. The van der Waals surface area contributed by atoms with E-state index in [2.05, 4.69) is 4.74 Å². The number of hydrogen-bond donors (Lipinski definition) is 1. The van der Waals surface area contributed by atoms with E-state index >= 15 is 0 Å². The van der Waals surface area contributed by atoms with Crippen LogP contribution in [0.15, 0.2) is 46.9 Å². The van der Waals surface area contributed by atoms with E-state index in [1.54, 1.807) is 6.07 Å². The van der Waals surface area contributed by atoms with Gasteiger partial charge in [0.25, 0.3) is 0 Å². The molecule has 0 spiro atoms. The highest BCUT2D eigenvalue weighted by atomic mass is 19.4. The van der Waals surface area contributed by atoms with Crippen molar-refractivity contribution in [1.82, 2.24) is 0 Å². The third kappa shape index (κ3) is 3.57. The highest BCUT2D eigenvalue weighted by Crippen LogP contribution is 2.37. The van der Waals surface area contributed by atoms with Crippen LogP contribution in [0.4, 0.5) is 18.0 Å². The first-order valence-electron chi connectivity index (χ1n) is 7.50. The summed E-state index contributed by atoms with van der Waals surface area (Å²) in [5.74, 6) is -0.752. The van der Waals surface area contributed by atoms with E-state index in [1.165, 1.54) is 19.2 Å². The fraction of sp³-hybridized carbons (Fsp3) is 0.111. The molecule has 1 aromatic heterocycles. The number of benzene rings is 2. The van der Waals surface area contributed by atoms with Crippen LogP contribution in [0, 0.1) is 0 Å². The number of furan rings is 1. The topological polar surface area (TPSA) is 91.8 Å². The third-order valence-corrected chi connectivity index (χ3v) is 3.77. The Hall–Kier alpha value is -3.49. The lowest BCUT2D eigenvalue weighted by Gasteiger charge is -2.07. The Morgan fingerprint density at radius 1 is 1.07 bits per heavy atom. The van der Waals surface area contributed by atoms with Gasteiger partial charge in [0.1, 0.15) is 22.7 Å². The number of esters is 1. The summed E-state index contributed by atoms with van der Waals surface area (Å²) in [7, 11) is 1.42. The Kier molecular flexibility index (Phi) is 4.52. The van der Waals surface area contributed by atoms with Crippen molar-refractivity contribution in [2.75, 3.05) is 7.11 Å². The van der Waals surface area contributed by atoms with Crippen LogP contribution in [0.25, 0.3) is 22.3 Å². The van der Waals surface area contributed by atoms with Gasteiger partial charge in [0.05, 0.1) is 12.7 Å². The summed E-state index contributed by atoms with van der Waals surface area (Å²) in [4.78, 5) is 23.3. The van der Waals surface area contributed by atoms with Crippen molar-refractivity contribution in [3.63, 3.8) is 0 Å². The Labute approximate surface area is 150 Å². The molecule has 0 bridgehead atoms. The smallest absolute Gasteiger partial charge is 0.416 e. The van der Waals surface area contributed by atoms with Gasteiger partial charge in [0.2, 0.25) is 0 Å². The molecule has 140 valence electrons. The van der Waals surface area contributed by atoms with E-state index < -0.39 is 23.8 Å². The molecule has 0 aliphatic heterocycles. The number of nitrogens with two attached hydrogens (primary N) is 1. The van der Waals surface area contributed by atoms with Crippen molar-refractivity contribution in [2.24, 2.45) is 5.73 Å². The highest BCUT2D eigenvalue weighted by molar-refractivity contribution is 6.11. The molecule has 0 saturated heterocycles. The van der Waals surface area contributed by atoms with Gasteiger partial charge in [-0.3, -0.25) is 0 Å². The quantitative estimate of drug-likeness (QED) is 0.539. The van der Waals surface area contributed by atoms with Gasteiger partial charge in [-0.1, -0.05) is 12.1 Å². The van der Waals surface area contributed by atoms with Gasteiger partial charge in [-0.15, -0.1) is 0 Å². The Morgan fingerprint density at radius 3 is 2.30 bits per heavy atom. The van der Waals surface area contributed by atoms with Gasteiger partial charge in [-0.05, 0) is 30.3 Å². The van der Waals surface area contributed by atoms with Crippen LogP contribution < -0.4 is 10.5 Å². The lowest BCUT2D eigenvalue weighted by atomic mass is 10.0. The number of amides is 1. The second kappa shape index (κ2) is 6.67. The van der Waals surface area contributed by atoms with Crippen LogP contribution in [0.3, 0.4) is 0 Å². The van der Waals surface area contributed by atoms with Crippen molar-refractivity contribution < 1.29 is 36.7 Å². The molecule has 2 aromatic carbocycles. The van der Waals surface area contributed by atoms with E-state index in [-0.39, 0.29) is 27.9 Å². The largest absolute Gasteiger partial charge is 0.497 e. The number of hydrogen-bond acceptors (Lipinski definition) is 5. The summed E-state index contributed by atoms with van der Waals surface area (Å²) < 4.78 is 53.4. The number of primary amides is 1. The summed E-state index contributed by atoms with van der Waals surface area (Å²) in [6.07, 6.45) is -5.83. The zero-order valence-corrected chi connectivity index (χ0v) is 13.8. The molecule has 0 atom stereocenters. The standard InChI is InChI=1S/C18H12F3NO5/c1-25-11-6-7-13-12(8-11)14(16(23)27-17(22)24)15(26-13)9-2-4-10(5-3-9)18(19,20)21/h2-8H,1H3,(H2,22,24). The second-order valence-electron chi connectivity index (χ2n) is 5.45. The van der Waals surface area contributed by atoms with Crippen molar-refractivity contribution >= 4 is 23.0 Å². The van der Waals surface area contributed by atoms with Gasteiger partial charge < -0.3 is 19.6 Å². The minimum Gasteiger partial charge on any atom is -0.497 e. The first-order chi connectivity index (χ1) is 12.7. The Bertz CT molecular complexity index is 1020. The predicted octanol–water partition coefficient (Wildman–Crippen LogP) is 4.36.